The van der Waals surface area contributed by atoms with Crippen molar-refractivity contribution < 1.29 is 14.3 Å². The number of halogens is 2. The van der Waals surface area contributed by atoms with Gasteiger partial charge in [-0.25, -0.2) is 0 Å². The molecule has 1 aliphatic carbocycles. The number of hydrogen-bond donors (Lipinski definition) is 1. The minimum Gasteiger partial charge on any atom is -0.353 e. The van der Waals surface area contributed by atoms with E-state index in [1.165, 1.54) is 0 Å². The molecule has 2 aromatic rings. The van der Waals surface area contributed by atoms with Gasteiger partial charge in [-0.2, -0.15) is 0 Å². The van der Waals surface area contributed by atoms with E-state index in [1.54, 1.807) is 35.5 Å². The molecule has 1 saturated carbocycles. The van der Waals surface area contributed by atoms with Gasteiger partial charge in [-0.15, -0.1) is 0 Å². The standard InChI is InChI=1S/C22H23Cl2N3O3/c23-17-7-6-16(11-18(17)24)21(29)27-19(14-30-22(27)8-2-1-3-9-22)20(28)26-13-15-5-4-10-25-12-15/h4-7,10-12,19H,1-3,8-9,13-14H2,(H,26,28). The Morgan fingerprint density at radius 2 is 1.97 bits per heavy atom. The zero-order chi connectivity index (χ0) is 21.1. The molecule has 4 rings (SSSR count). The quantitative estimate of drug-likeness (QED) is 0.761. The molecule has 1 aliphatic heterocycles. The van der Waals surface area contributed by atoms with Crippen LogP contribution in [0.3, 0.4) is 0 Å². The van der Waals surface area contributed by atoms with Crippen LogP contribution < -0.4 is 5.32 Å². The summed E-state index contributed by atoms with van der Waals surface area (Å²) in [6.07, 6.45) is 7.81. The molecule has 2 aliphatic rings. The maximum absolute atomic E-state index is 13.5. The summed E-state index contributed by atoms with van der Waals surface area (Å²) >= 11 is 12.2. The molecule has 158 valence electrons. The molecule has 6 nitrogen and oxygen atoms in total. The molecule has 1 aromatic carbocycles. The maximum atomic E-state index is 13.5. The number of pyridine rings is 1. The summed E-state index contributed by atoms with van der Waals surface area (Å²) < 4.78 is 6.15. The molecule has 2 heterocycles. The Hall–Kier alpha value is -2.15. The highest BCUT2D eigenvalue weighted by Crippen LogP contribution is 2.41. The fourth-order valence-electron chi connectivity index (χ4n) is 4.25. The molecule has 1 spiro atoms. The third-order valence-corrected chi connectivity index (χ3v) is 6.51. The van der Waals surface area contributed by atoms with Crippen molar-refractivity contribution >= 4 is 35.0 Å². The summed E-state index contributed by atoms with van der Waals surface area (Å²) in [6, 6.07) is 7.78. The Labute approximate surface area is 185 Å². The molecule has 1 unspecified atom stereocenters. The van der Waals surface area contributed by atoms with Gasteiger partial charge in [0.05, 0.1) is 16.7 Å². The van der Waals surface area contributed by atoms with Gasteiger partial charge < -0.3 is 10.1 Å². The van der Waals surface area contributed by atoms with E-state index >= 15 is 0 Å². The van der Waals surface area contributed by atoms with E-state index in [0.717, 1.165) is 24.8 Å². The van der Waals surface area contributed by atoms with Gasteiger partial charge in [0.15, 0.2) is 0 Å². The lowest BCUT2D eigenvalue weighted by molar-refractivity contribution is -0.127. The number of carbonyl (C=O) groups is 2. The minimum atomic E-state index is -0.752. The van der Waals surface area contributed by atoms with Gasteiger partial charge in [0, 0.05) is 24.5 Å². The van der Waals surface area contributed by atoms with E-state index in [1.807, 2.05) is 12.1 Å². The number of nitrogens with one attached hydrogen (secondary N) is 1. The number of amides is 2. The predicted molar refractivity (Wildman–Crippen MR) is 114 cm³/mol. The largest absolute Gasteiger partial charge is 0.353 e. The Balaban J connectivity index is 1.59. The highest BCUT2D eigenvalue weighted by molar-refractivity contribution is 6.42. The monoisotopic (exact) mass is 447 g/mol. The Morgan fingerprint density at radius 3 is 2.67 bits per heavy atom. The Morgan fingerprint density at radius 1 is 1.17 bits per heavy atom. The number of aromatic nitrogens is 1. The summed E-state index contributed by atoms with van der Waals surface area (Å²) in [5.74, 6) is -0.510. The predicted octanol–water partition coefficient (Wildman–Crippen LogP) is 4.21. The molecule has 30 heavy (non-hydrogen) atoms. The van der Waals surface area contributed by atoms with Crippen molar-refractivity contribution in [2.75, 3.05) is 6.61 Å². The van der Waals surface area contributed by atoms with Gasteiger partial charge in [0.1, 0.15) is 11.8 Å². The first kappa shape index (κ1) is 21.1. The highest BCUT2D eigenvalue weighted by atomic mass is 35.5. The Bertz CT molecular complexity index is 932. The first-order valence-corrected chi connectivity index (χ1v) is 10.8. The van der Waals surface area contributed by atoms with Crippen LogP contribution >= 0.6 is 23.2 Å². The second kappa shape index (κ2) is 8.92. The van der Waals surface area contributed by atoms with Crippen molar-refractivity contribution in [3.8, 4) is 0 Å². The fourth-order valence-corrected chi connectivity index (χ4v) is 4.55. The average molecular weight is 448 g/mol. The zero-order valence-corrected chi connectivity index (χ0v) is 18.0. The Kier molecular flexibility index (Phi) is 6.27. The zero-order valence-electron chi connectivity index (χ0n) is 16.4. The summed E-state index contributed by atoms with van der Waals surface area (Å²) in [5.41, 5.74) is 0.530. The van der Waals surface area contributed by atoms with Crippen molar-refractivity contribution in [3.05, 3.63) is 63.9 Å². The number of benzene rings is 1. The van der Waals surface area contributed by atoms with Crippen LogP contribution in [-0.2, 0) is 16.1 Å². The lowest BCUT2D eigenvalue weighted by Gasteiger charge is -2.41. The van der Waals surface area contributed by atoms with Gasteiger partial charge in [0.2, 0.25) is 5.91 Å². The number of carbonyl (C=O) groups excluding carboxylic acids is 2. The third-order valence-electron chi connectivity index (χ3n) is 5.77. The average Bonchev–Trinajstić information content (AvgIpc) is 3.13. The highest BCUT2D eigenvalue weighted by Gasteiger charge is 2.52. The lowest BCUT2D eigenvalue weighted by atomic mass is 9.89. The summed E-state index contributed by atoms with van der Waals surface area (Å²) in [6.45, 7) is 0.511. The number of ether oxygens (including phenoxy) is 1. The van der Waals surface area contributed by atoms with Crippen LogP contribution in [0.2, 0.25) is 10.0 Å². The third kappa shape index (κ3) is 4.17. The van der Waals surface area contributed by atoms with Crippen LogP contribution in [0.15, 0.2) is 42.7 Å². The molecular weight excluding hydrogens is 425 g/mol. The van der Waals surface area contributed by atoms with E-state index < -0.39 is 11.8 Å². The number of hydrogen-bond acceptors (Lipinski definition) is 4. The maximum Gasteiger partial charge on any atom is 0.256 e. The van der Waals surface area contributed by atoms with Crippen molar-refractivity contribution in [2.45, 2.75) is 50.4 Å². The van der Waals surface area contributed by atoms with Crippen LogP contribution in [0.25, 0.3) is 0 Å². The molecule has 0 bridgehead atoms. The molecule has 8 heteroatoms. The van der Waals surface area contributed by atoms with Gasteiger partial charge in [0.25, 0.3) is 5.91 Å². The van der Waals surface area contributed by atoms with Crippen LogP contribution in [0.5, 0.6) is 0 Å². The van der Waals surface area contributed by atoms with E-state index in [0.29, 0.717) is 35.0 Å². The minimum absolute atomic E-state index is 0.173. The molecule has 2 fully saturated rings. The van der Waals surface area contributed by atoms with E-state index in [2.05, 4.69) is 10.3 Å². The molecule has 1 aromatic heterocycles. The summed E-state index contributed by atoms with van der Waals surface area (Å²) in [7, 11) is 0. The van der Waals surface area contributed by atoms with Gasteiger partial charge >= 0.3 is 0 Å². The molecule has 1 saturated heterocycles. The smallest absolute Gasteiger partial charge is 0.256 e. The molecule has 1 atom stereocenters. The number of nitrogens with zero attached hydrogens (tertiary/aromatic N) is 2. The van der Waals surface area contributed by atoms with Gasteiger partial charge in [-0.1, -0.05) is 35.7 Å². The van der Waals surface area contributed by atoms with Gasteiger partial charge in [-0.05, 0) is 55.5 Å². The molecular formula is C22H23Cl2N3O3. The van der Waals surface area contributed by atoms with E-state index in [4.69, 9.17) is 27.9 Å². The van der Waals surface area contributed by atoms with Crippen LogP contribution in [0.1, 0.15) is 48.0 Å². The first-order chi connectivity index (χ1) is 14.5. The summed E-state index contributed by atoms with van der Waals surface area (Å²) in [5, 5.41) is 3.60. The first-order valence-electron chi connectivity index (χ1n) is 10.1. The van der Waals surface area contributed by atoms with Crippen molar-refractivity contribution in [1.82, 2.24) is 15.2 Å². The van der Waals surface area contributed by atoms with E-state index in [-0.39, 0.29) is 18.4 Å². The van der Waals surface area contributed by atoms with Crippen molar-refractivity contribution in [3.63, 3.8) is 0 Å². The van der Waals surface area contributed by atoms with Crippen LogP contribution in [-0.4, -0.2) is 40.1 Å². The molecule has 1 N–H and O–H groups in total. The fraction of sp³-hybridized carbons (Fsp3) is 0.409. The van der Waals surface area contributed by atoms with Gasteiger partial charge in [-0.3, -0.25) is 19.5 Å². The second-order valence-corrected chi connectivity index (χ2v) is 8.53. The van der Waals surface area contributed by atoms with Crippen LogP contribution in [0, 0.1) is 0 Å². The second-order valence-electron chi connectivity index (χ2n) is 7.72. The number of rotatable bonds is 4. The topological polar surface area (TPSA) is 71.5 Å². The normalized spacial score (nSPS) is 20.3. The summed E-state index contributed by atoms with van der Waals surface area (Å²) in [4.78, 5) is 32.3. The molecule has 0 radical (unpaired) electrons. The van der Waals surface area contributed by atoms with Crippen LogP contribution in [0.4, 0.5) is 0 Å². The van der Waals surface area contributed by atoms with Crippen molar-refractivity contribution in [1.29, 1.82) is 0 Å². The lowest BCUT2D eigenvalue weighted by Crippen LogP contribution is -2.56. The van der Waals surface area contributed by atoms with E-state index in [9.17, 15) is 9.59 Å². The van der Waals surface area contributed by atoms with Crippen molar-refractivity contribution in [2.24, 2.45) is 0 Å². The SMILES string of the molecule is O=C(NCc1cccnc1)C1COC2(CCCCC2)N1C(=O)c1ccc(Cl)c(Cl)c1. The molecule has 2 amide bonds.